The number of rotatable bonds is 7. The molecule has 0 bridgehead atoms. The molecule has 0 aromatic rings. The summed E-state index contributed by atoms with van der Waals surface area (Å²) in [5.41, 5.74) is 0. The standard InChI is InChI=1S/C9H19NO5/c1-3-7(12)9(14,10-2)15-8(13)5-4-6-11/h7,10-12,14H,3-6H2,1-2H3. The molecule has 0 aromatic heterocycles. The van der Waals surface area contributed by atoms with Gasteiger partial charge in [-0.15, -0.1) is 0 Å². The van der Waals surface area contributed by atoms with Crippen LogP contribution in [0.5, 0.6) is 0 Å². The normalized spacial score (nSPS) is 16.9. The number of nitrogens with one attached hydrogen (secondary N) is 1. The molecule has 0 aliphatic carbocycles. The number of aliphatic hydroxyl groups is 3. The molecule has 15 heavy (non-hydrogen) atoms. The molecular weight excluding hydrogens is 202 g/mol. The molecule has 0 saturated carbocycles. The highest BCUT2D eigenvalue weighted by atomic mass is 16.7. The van der Waals surface area contributed by atoms with Gasteiger partial charge in [0.25, 0.3) is 5.91 Å². The summed E-state index contributed by atoms with van der Waals surface area (Å²) in [6, 6.07) is 0. The molecule has 4 N–H and O–H groups in total. The van der Waals surface area contributed by atoms with E-state index >= 15 is 0 Å². The maximum atomic E-state index is 11.2. The fourth-order valence-electron chi connectivity index (χ4n) is 1.01. The van der Waals surface area contributed by atoms with Crippen molar-refractivity contribution < 1.29 is 24.9 Å². The summed E-state index contributed by atoms with van der Waals surface area (Å²) < 4.78 is 4.69. The summed E-state index contributed by atoms with van der Waals surface area (Å²) in [5, 5.41) is 29.9. The van der Waals surface area contributed by atoms with Crippen LogP contribution < -0.4 is 5.32 Å². The maximum absolute atomic E-state index is 11.2. The summed E-state index contributed by atoms with van der Waals surface area (Å²) in [6.45, 7) is 1.53. The van der Waals surface area contributed by atoms with Crippen LogP contribution in [0.2, 0.25) is 0 Å². The van der Waals surface area contributed by atoms with Crippen molar-refractivity contribution in [3.8, 4) is 0 Å². The summed E-state index contributed by atoms with van der Waals surface area (Å²) in [5.74, 6) is -2.73. The number of esters is 1. The Morgan fingerprint density at radius 1 is 1.60 bits per heavy atom. The van der Waals surface area contributed by atoms with Crippen molar-refractivity contribution in [1.29, 1.82) is 0 Å². The van der Waals surface area contributed by atoms with E-state index in [1.807, 2.05) is 0 Å². The Balaban J connectivity index is 4.24. The van der Waals surface area contributed by atoms with Crippen molar-refractivity contribution in [2.45, 2.75) is 38.2 Å². The molecule has 90 valence electrons. The van der Waals surface area contributed by atoms with E-state index in [0.717, 1.165) is 0 Å². The number of aliphatic hydroxyl groups excluding tert-OH is 2. The van der Waals surface area contributed by atoms with Gasteiger partial charge < -0.3 is 20.1 Å². The second-order valence-electron chi connectivity index (χ2n) is 3.17. The SMILES string of the molecule is CCC(O)C(O)(NC)OC(=O)CCCO. The van der Waals surface area contributed by atoms with Crippen molar-refractivity contribution in [2.24, 2.45) is 0 Å². The van der Waals surface area contributed by atoms with E-state index in [4.69, 9.17) is 5.11 Å². The molecule has 0 amide bonds. The Morgan fingerprint density at radius 3 is 2.60 bits per heavy atom. The topological polar surface area (TPSA) is 99.0 Å². The van der Waals surface area contributed by atoms with E-state index in [9.17, 15) is 15.0 Å². The average Bonchev–Trinajstić information content (AvgIpc) is 2.24. The quantitative estimate of drug-likeness (QED) is 0.323. The summed E-state index contributed by atoms with van der Waals surface area (Å²) >= 11 is 0. The molecule has 2 unspecified atom stereocenters. The van der Waals surface area contributed by atoms with Gasteiger partial charge in [0, 0.05) is 13.0 Å². The minimum Gasteiger partial charge on any atom is -0.416 e. The van der Waals surface area contributed by atoms with Crippen LogP contribution in [0.15, 0.2) is 0 Å². The van der Waals surface area contributed by atoms with Crippen LogP contribution in [0.1, 0.15) is 26.2 Å². The van der Waals surface area contributed by atoms with E-state index in [2.05, 4.69) is 10.1 Å². The van der Waals surface area contributed by atoms with Crippen LogP contribution in [0.4, 0.5) is 0 Å². The van der Waals surface area contributed by atoms with Crippen molar-refractivity contribution in [1.82, 2.24) is 5.32 Å². The van der Waals surface area contributed by atoms with E-state index in [-0.39, 0.29) is 25.9 Å². The average molecular weight is 221 g/mol. The highest BCUT2D eigenvalue weighted by molar-refractivity contribution is 5.69. The lowest BCUT2D eigenvalue weighted by Gasteiger charge is -2.30. The number of likely N-dealkylation sites (N-methyl/N-ethyl adjacent to an activating group) is 1. The first-order chi connectivity index (χ1) is 7.00. The van der Waals surface area contributed by atoms with Gasteiger partial charge in [0.05, 0.1) is 0 Å². The number of ether oxygens (including phenoxy) is 1. The van der Waals surface area contributed by atoms with Crippen LogP contribution in [-0.4, -0.2) is 47.0 Å². The summed E-state index contributed by atoms with van der Waals surface area (Å²) in [4.78, 5) is 11.2. The third-order valence-electron chi connectivity index (χ3n) is 2.01. The maximum Gasteiger partial charge on any atom is 0.309 e. The first-order valence-electron chi connectivity index (χ1n) is 4.92. The van der Waals surface area contributed by atoms with E-state index in [1.54, 1.807) is 6.92 Å². The van der Waals surface area contributed by atoms with Gasteiger partial charge in [-0.25, -0.2) is 0 Å². The minimum atomic E-state index is -2.05. The van der Waals surface area contributed by atoms with Crippen LogP contribution in [0.25, 0.3) is 0 Å². The highest BCUT2D eigenvalue weighted by Gasteiger charge is 2.37. The molecule has 0 aliphatic rings. The monoisotopic (exact) mass is 221 g/mol. The predicted octanol–water partition coefficient (Wildman–Crippen LogP) is -1.06. The molecule has 0 radical (unpaired) electrons. The Hall–Kier alpha value is -0.690. The number of hydrogen-bond acceptors (Lipinski definition) is 6. The number of carbonyl (C=O) groups is 1. The van der Waals surface area contributed by atoms with Crippen molar-refractivity contribution in [3.63, 3.8) is 0 Å². The van der Waals surface area contributed by atoms with Crippen LogP contribution >= 0.6 is 0 Å². The van der Waals surface area contributed by atoms with Gasteiger partial charge in [-0.05, 0) is 19.9 Å². The third kappa shape index (κ3) is 4.57. The van der Waals surface area contributed by atoms with Gasteiger partial charge in [0.2, 0.25) is 0 Å². The van der Waals surface area contributed by atoms with Gasteiger partial charge in [-0.1, -0.05) is 6.92 Å². The molecule has 0 aliphatic heterocycles. The highest BCUT2D eigenvalue weighted by Crippen LogP contribution is 2.13. The molecule has 0 spiro atoms. The largest absolute Gasteiger partial charge is 0.416 e. The van der Waals surface area contributed by atoms with E-state index in [0.29, 0.717) is 0 Å². The summed E-state index contributed by atoms with van der Waals surface area (Å²) in [7, 11) is 1.37. The second kappa shape index (κ2) is 6.73. The van der Waals surface area contributed by atoms with Gasteiger partial charge in [0.15, 0.2) is 0 Å². The van der Waals surface area contributed by atoms with E-state index in [1.165, 1.54) is 7.05 Å². The Bertz CT molecular complexity index is 199. The zero-order valence-corrected chi connectivity index (χ0v) is 9.06. The lowest BCUT2D eigenvalue weighted by molar-refractivity contribution is -0.261. The fraction of sp³-hybridized carbons (Fsp3) is 0.889. The second-order valence-corrected chi connectivity index (χ2v) is 3.17. The Labute approximate surface area is 88.9 Å². The zero-order chi connectivity index (χ0) is 11.9. The van der Waals surface area contributed by atoms with Crippen LogP contribution in [0.3, 0.4) is 0 Å². The number of hydrogen-bond donors (Lipinski definition) is 4. The number of carbonyl (C=O) groups excluding carboxylic acids is 1. The van der Waals surface area contributed by atoms with E-state index < -0.39 is 18.0 Å². The molecule has 0 heterocycles. The van der Waals surface area contributed by atoms with Gasteiger partial charge >= 0.3 is 5.97 Å². The Kier molecular flexibility index (Phi) is 6.42. The molecule has 2 atom stereocenters. The lowest BCUT2D eigenvalue weighted by Crippen LogP contribution is -2.56. The van der Waals surface area contributed by atoms with Gasteiger partial charge in [-0.3, -0.25) is 10.1 Å². The minimum absolute atomic E-state index is 0.00305. The van der Waals surface area contributed by atoms with Crippen molar-refractivity contribution >= 4 is 5.97 Å². The van der Waals surface area contributed by atoms with Gasteiger partial charge in [0.1, 0.15) is 6.10 Å². The smallest absolute Gasteiger partial charge is 0.309 e. The first kappa shape index (κ1) is 14.3. The first-order valence-corrected chi connectivity index (χ1v) is 4.92. The van der Waals surface area contributed by atoms with Crippen molar-refractivity contribution in [3.05, 3.63) is 0 Å². The predicted molar refractivity (Wildman–Crippen MR) is 52.7 cm³/mol. The van der Waals surface area contributed by atoms with Crippen LogP contribution in [-0.2, 0) is 9.53 Å². The Morgan fingerprint density at radius 2 is 2.20 bits per heavy atom. The molecule has 0 aromatic carbocycles. The molecule has 6 nitrogen and oxygen atoms in total. The van der Waals surface area contributed by atoms with Crippen molar-refractivity contribution in [2.75, 3.05) is 13.7 Å². The fourth-order valence-corrected chi connectivity index (χ4v) is 1.01. The lowest BCUT2D eigenvalue weighted by atomic mass is 10.2. The van der Waals surface area contributed by atoms with Crippen LogP contribution in [0, 0.1) is 0 Å². The summed E-state index contributed by atoms with van der Waals surface area (Å²) in [6.07, 6.45) is -0.692. The molecule has 0 fully saturated rings. The van der Waals surface area contributed by atoms with Gasteiger partial charge in [-0.2, -0.15) is 0 Å². The molecule has 0 saturated heterocycles. The molecule has 6 heteroatoms. The third-order valence-corrected chi connectivity index (χ3v) is 2.01. The molecular formula is C9H19NO5. The zero-order valence-electron chi connectivity index (χ0n) is 9.06. The molecule has 0 rings (SSSR count).